The Morgan fingerprint density at radius 1 is 1.30 bits per heavy atom. The van der Waals surface area contributed by atoms with Crippen LogP contribution in [0.1, 0.15) is 46.5 Å². The molecule has 3 unspecified atom stereocenters. The van der Waals surface area contributed by atoms with E-state index in [0.717, 1.165) is 0 Å². The molecule has 2 amide bonds. The monoisotopic (exact) mass is 532 g/mol. The molecule has 4 rings (SSSR count). The van der Waals surface area contributed by atoms with E-state index in [4.69, 9.17) is 21.1 Å². The van der Waals surface area contributed by atoms with Crippen molar-refractivity contribution in [2.45, 2.75) is 63.7 Å². The van der Waals surface area contributed by atoms with Gasteiger partial charge in [0.2, 0.25) is 5.91 Å². The first-order valence-corrected chi connectivity index (χ1v) is 13.5. The molecular formula is C28H37ClN2O6. The maximum Gasteiger partial charge on any atom is 0.312 e. The molecule has 1 aromatic rings. The summed E-state index contributed by atoms with van der Waals surface area (Å²) in [6, 6.07) is 6.05. The summed E-state index contributed by atoms with van der Waals surface area (Å²) in [7, 11) is 0. The molecule has 8 nitrogen and oxygen atoms in total. The quantitative estimate of drug-likeness (QED) is 0.266. The molecule has 0 radical (unpaired) electrons. The van der Waals surface area contributed by atoms with E-state index in [1.54, 1.807) is 47.1 Å². The molecule has 202 valence electrons. The molecule has 3 aliphatic heterocycles. The number of unbranched alkanes of at least 4 members (excludes halogenated alkanes) is 2. The van der Waals surface area contributed by atoms with Gasteiger partial charge in [0.15, 0.2) is 0 Å². The van der Waals surface area contributed by atoms with Crippen LogP contribution in [-0.2, 0) is 23.9 Å². The average molecular weight is 533 g/mol. The number of halogens is 1. The van der Waals surface area contributed by atoms with Crippen LogP contribution in [0.2, 0.25) is 5.02 Å². The van der Waals surface area contributed by atoms with Crippen LogP contribution in [0.3, 0.4) is 0 Å². The molecule has 1 N–H and O–H groups in total. The minimum absolute atomic E-state index is 0.0565. The van der Waals surface area contributed by atoms with E-state index in [1.807, 2.05) is 13.8 Å². The van der Waals surface area contributed by atoms with Crippen LogP contribution in [0, 0.1) is 17.8 Å². The van der Waals surface area contributed by atoms with Gasteiger partial charge in [0.25, 0.3) is 5.91 Å². The Balaban J connectivity index is 1.78. The highest BCUT2D eigenvalue weighted by molar-refractivity contribution is 6.30. The number of aliphatic hydroxyl groups excluding tert-OH is 1. The Labute approximate surface area is 223 Å². The van der Waals surface area contributed by atoms with Crippen molar-refractivity contribution in [3.8, 4) is 0 Å². The smallest absolute Gasteiger partial charge is 0.312 e. The van der Waals surface area contributed by atoms with Crippen LogP contribution in [0.25, 0.3) is 0 Å². The standard InChI is InChI=1S/C28H37ClN2O6/c1-5-14-30(20-12-10-19(29)11-13-20)25(34)23-28-17-18(3)27(4,37-28)22(26(35)36-6-2)21(28)24(33)31(23)15-8-7-9-16-32/h5,10-13,18,21-23,32H,1,6-9,14-17H2,2-4H3/t18?,21-,22-,23?,27+,28?/m0/s1. The van der Waals surface area contributed by atoms with Crippen LogP contribution in [0.4, 0.5) is 5.69 Å². The first-order valence-electron chi connectivity index (χ1n) is 13.1. The number of nitrogens with zero attached hydrogens (tertiary/aromatic N) is 2. The van der Waals surface area contributed by atoms with Crippen LogP contribution in [0.15, 0.2) is 36.9 Å². The molecule has 0 aromatic heterocycles. The number of rotatable bonds is 11. The molecule has 3 heterocycles. The molecular weight excluding hydrogens is 496 g/mol. The van der Waals surface area contributed by atoms with E-state index in [9.17, 15) is 19.5 Å². The number of anilines is 1. The lowest BCUT2D eigenvalue weighted by atomic mass is 9.62. The lowest BCUT2D eigenvalue weighted by Gasteiger charge is -2.37. The number of benzene rings is 1. The summed E-state index contributed by atoms with van der Waals surface area (Å²) in [5, 5.41) is 9.76. The number of likely N-dealkylation sites (tertiary alicyclic amines) is 1. The minimum Gasteiger partial charge on any atom is -0.466 e. The van der Waals surface area contributed by atoms with Gasteiger partial charge in [-0.15, -0.1) is 6.58 Å². The molecule has 3 saturated heterocycles. The summed E-state index contributed by atoms with van der Waals surface area (Å²) < 4.78 is 12.1. The van der Waals surface area contributed by atoms with Crippen molar-refractivity contribution < 1.29 is 29.0 Å². The van der Waals surface area contributed by atoms with Crippen LogP contribution >= 0.6 is 11.6 Å². The summed E-state index contributed by atoms with van der Waals surface area (Å²) in [5.74, 6) is -2.61. The topological polar surface area (TPSA) is 96.4 Å². The fourth-order valence-electron chi connectivity index (χ4n) is 6.64. The number of ether oxygens (including phenoxy) is 2. The molecule has 1 spiro atoms. The van der Waals surface area contributed by atoms with Crippen molar-refractivity contribution in [1.82, 2.24) is 4.90 Å². The Bertz CT molecular complexity index is 1050. The summed E-state index contributed by atoms with van der Waals surface area (Å²) in [6.45, 7) is 10.3. The zero-order valence-corrected chi connectivity index (χ0v) is 22.6. The highest BCUT2D eigenvalue weighted by atomic mass is 35.5. The first-order chi connectivity index (χ1) is 17.7. The van der Waals surface area contributed by atoms with Gasteiger partial charge in [-0.2, -0.15) is 0 Å². The molecule has 2 bridgehead atoms. The fraction of sp³-hybridized carbons (Fsp3) is 0.607. The molecule has 37 heavy (non-hydrogen) atoms. The van der Waals surface area contributed by atoms with E-state index in [0.29, 0.717) is 42.9 Å². The number of aliphatic hydroxyl groups is 1. The van der Waals surface area contributed by atoms with Gasteiger partial charge in [0.1, 0.15) is 17.6 Å². The predicted molar refractivity (Wildman–Crippen MR) is 140 cm³/mol. The van der Waals surface area contributed by atoms with Crippen molar-refractivity contribution in [3.05, 3.63) is 41.9 Å². The zero-order valence-electron chi connectivity index (χ0n) is 21.8. The SMILES string of the molecule is C=CCN(C(=O)C1N(CCCCCO)C(=O)[C@@H]2[C@@H](C(=O)OCC)[C@]3(C)OC12CC3C)c1ccc(Cl)cc1. The number of carbonyl (C=O) groups excluding carboxylic acids is 3. The number of carbonyl (C=O) groups is 3. The fourth-order valence-corrected chi connectivity index (χ4v) is 6.77. The second-order valence-corrected chi connectivity index (χ2v) is 10.9. The van der Waals surface area contributed by atoms with E-state index in [2.05, 4.69) is 6.58 Å². The van der Waals surface area contributed by atoms with Gasteiger partial charge in [-0.05, 0) is 69.7 Å². The molecule has 3 fully saturated rings. The Kier molecular flexibility index (Phi) is 8.02. The van der Waals surface area contributed by atoms with Gasteiger partial charge < -0.3 is 24.4 Å². The number of amides is 2. The third-order valence-corrected chi connectivity index (χ3v) is 8.61. The summed E-state index contributed by atoms with van der Waals surface area (Å²) in [5.41, 5.74) is -1.41. The lowest BCUT2D eigenvalue weighted by Crippen LogP contribution is -2.57. The van der Waals surface area contributed by atoms with Crippen LogP contribution in [-0.4, -0.2) is 71.3 Å². The largest absolute Gasteiger partial charge is 0.466 e. The highest BCUT2D eigenvalue weighted by Crippen LogP contribution is 2.65. The molecule has 0 saturated carbocycles. The van der Waals surface area contributed by atoms with Gasteiger partial charge >= 0.3 is 5.97 Å². The third-order valence-electron chi connectivity index (χ3n) is 8.36. The predicted octanol–water partition coefficient (Wildman–Crippen LogP) is 3.60. The normalized spacial score (nSPS) is 31.9. The number of hydrogen-bond donors (Lipinski definition) is 1. The zero-order chi connectivity index (χ0) is 27.0. The molecule has 6 atom stereocenters. The van der Waals surface area contributed by atoms with Crippen molar-refractivity contribution in [3.63, 3.8) is 0 Å². The van der Waals surface area contributed by atoms with E-state index >= 15 is 0 Å². The van der Waals surface area contributed by atoms with Crippen molar-refractivity contribution in [1.29, 1.82) is 0 Å². The summed E-state index contributed by atoms with van der Waals surface area (Å²) >= 11 is 6.09. The molecule has 9 heteroatoms. The van der Waals surface area contributed by atoms with E-state index < -0.39 is 35.0 Å². The van der Waals surface area contributed by atoms with Crippen molar-refractivity contribution in [2.75, 3.05) is 31.2 Å². The number of esters is 1. The molecule has 1 aromatic carbocycles. The molecule has 0 aliphatic carbocycles. The van der Waals surface area contributed by atoms with Gasteiger partial charge in [-0.3, -0.25) is 14.4 Å². The second-order valence-electron chi connectivity index (χ2n) is 10.5. The van der Waals surface area contributed by atoms with Gasteiger partial charge in [0.05, 0.1) is 18.1 Å². The third kappa shape index (κ3) is 4.47. The van der Waals surface area contributed by atoms with E-state index in [1.165, 1.54) is 0 Å². The minimum atomic E-state index is -1.14. The average Bonchev–Trinajstić information content (AvgIpc) is 3.37. The highest BCUT2D eigenvalue weighted by Gasteiger charge is 2.80. The maximum atomic E-state index is 14.4. The van der Waals surface area contributed by atoms with Gasteiger partial charge in [-0.25, -0.2) is 0 Å². The van der Waals surface area contributed by atoms with Gasteiger partial charge in [-0.1, -0.05) is 24.6 Å². The summed E-state index contributed by atoms with van der Waals surface area (Å²) in [6.07, 6.45) is 4.07. The first kappa shape index (κ1) is 27.6. The van der Waals surface area contributed by atoms with Crippen molar-refractivity contribution >= 4 is 35.1 Å². The second kappa shape index (κ2) is 10.8. The van der Waals surface area contributed by atoms with Gasteiger partial charge in [0, 0.05) is 30.4 Å². The number of fused-ring (bicyclic) bond motifs is 1. The lowest BCUT2D eigenvalue weighted by molar-refractivity contribution is -0.161. The summed E-state index contributed by atoms with van der Waals surface area (Å²) in [4.78, 5) is 44.9. The maximum absolute atomic E-state index is 14.4. The Hall–Kier alpha value is -2.42. The van der Waals surface area contributed by atoms with Crippen LogP contribution in [0.5, 0.6) is 0 Å². The molecule has 3 aliphatic rings. The van der Waals surface area contributed by atoms with Crippen LogP contribution < -0.4 is 4.90 Å². The number of hydrogen-bond acceptors (Lipinski definition) is 6. The Morgan fingerprint density at radius 2 is 2.00 bits per heavy atom. The van der Waals surface area contributed by atoms with E-state index in [-0.39, 0.29) is 37.5 Å². The van der Waals surface area contributed by atoms with Crippen molar-refractivity contribution in [2.24, 2.45) is 17.8 Å². The Morgan fingerprint density at radius 3 is 2.62 bits per heavy atom.